The van der Waals surface area contributed by atoms with Gasteiger partial charge in [0.15, 0.2) is 11.5 Å². The lowest BCUT2D eigenvalue weighted by Crippen LogP contribution is -2.65. The van der Waals surface area contributed by atoms with Crippen molar-refractivity contribution in [3.8, 4) is 11.5 Å². The van der Waals surface area contributed by atoms with Gasteiger partial charge >= 0.3 is 18.1 Å². The highest BCUT2D eigenvalue weighted by Crippen LogP contribution is 2.46. The van der Waals surface area contributed by atoms with Crippen LogP contribution in [-0.2, 0) is 10.0 Å². The molecule has 1 atom stereocenters. The minimum absolute atomic E-state index is 0.0264. The Morgan fingerprint density at radius 3 is 2.42 bits per heavy atom. The number of anilines is 1. The van der Waals surface area contributed by atoms with Gasteiger partial charge in [0.05, 0.1) is 4.90 Å². The Morgan fingerprint density at radius 2 is 1.73 bits per heavy atom. The van der Waals surface area contributed by atoms with Gasteiger partial charge in [0.25, 0.3) is 0 Å². The number of ether oxygens (including phenoxy) is 2. The van der Waals surface area contributed by atoms with Crippen molar-refractivity contribution in [1.82, 2.24) is 9.62 Å². The normalized spacial score (nSPS) is 21.0. The highest BCUT2D eigenvalue weighted by molar-refractivity contribution is 7.89. The molecule has 0 radical (unpaired) electrons. The third-order valence-corrected chi connectivity index (χ3v) is 7.24. The van der Waals surface area contributed by atoms with Crippen molar-refractivity contribution in [2.45, 2.75) is 36.2 Å². The summed E-state index contributed by atoms with van der Waals surface area (Å²) in [5.41, 5.74) is -0.0264. The van der Waals surface area contributed by atoms with Crippen molar-refractivity contribution in [2.24, 2.45) is 0 Å². The molecule has 2 aliphatic heterocycles. The van der Waals surface area contributed by atoms with E-state index in [4.69, 9.17) is 21.1 Å². The smallest absolute Gasteiger partial charge is 0.424 e. The molecule has 1 saturated heterocycles. The molecule has 13 heteroatoms. The first-order valence-electron chi connectivity index (χ1n) is 9.94. The number of fused-ring (bicyclic) bond motifs is 1. The van der Waals surface area contributed by atoms with E-state index in [0.29, 0.717) is 13.1 Å². The van der Waals surface area contributed by atoms with Crippen molar-refractivity contribution in [3.05, 3.63) is 47.5 Å². The number of nitrogens with one attached hydrogen (secondary N) is 2. The molecule has 0 bridgehead atoms. The molecule has 2 aromatic rings. The minimum Gasteiger partial charge on any atom is -0.424 e. The average Bonchev–Trinajstić information content (AvgIpc) is 3.13. The van der Waals surface area contributed by atoms with Gasteiger partial charge in [-0.3, -0.25) is 5.32 Å². The van der Waals surface area contributed by atoms with Crippen LogP contribution >= 0.6 is 11.6 Å². The maximum atomic E-state index is 13.8. The molecule has 0 aromatic heterocycles. The van der Waals surface area contributed by atoms with Gasteiger partial charge in [-0.1, -0.05) is 24.1 Å². The number of rotatable bonds is 4. The van der Waals surface area contributed by atoms with Gasteiger partial charge in [-0.25, -0.2) is 13.2 Å². The van der Waals surface area contributed by atoms with Crippen molar-refractivity contribution in [3.63, 3.8) is 0 Å². The van der Waals surface area contributed by atoms with Crippen LogP contribution in [-0.4, -0.2) is 43.9 Å². The number of piperidine rings is 1. The Morgan fingerprint density at radius 1 is 1.03 bits per heavy atom. The summed E-state index contributed by atoms with van der Waals surface area (Å²) in [6, 6.07) is 7.55. The Kier molecular flexibility index (Phi) is 6.10. The topological polar surface area (TPSA) is 97.0 Å². The predicted octanol–water partition coefficient (Wildman–Crippen LogP) is 4.32. The molecule has 33 heavy (non-hydrogen) atoms. The van der Waals surface area contributed by atoms with Crippen LogP contribution in [0.3, 0.4) is 0 Å². The average molecular weight is 506 g/mol. The monoisotopic (exact) mass is 505 g/mol. The molecule has 2 N–H and O–H groups in total. The van der Waals surface area contributed by atoms with E-state index in [9.17, 15) is 26.4 Å². The summed E-state index contributed by atoms with van der Waals surface area (Å²) in [6.45, 7) is 0.766. The number of alkyl halides is 3. The van der Waals surface area contributed by atoms with Crippen molar-refractivity contribution in [2.75, 3.05) is 18.4 Å². The zero-order valence-electron chi connectivity index (χ0n) is 17.0. The molecular weight excluding hydrogens is 487 g/mol. The summed E-state index contributed by atoms with van der Waals surface area (Å²) >= 11 is 5.78. The third kappa shape index (κ3) is 4.68. The highest BCUT2D eigenvalue weighted by Gasteiger charge is 2.65. The van der Waals surface area contributed by atoms with Crippen LogP contribution in [0, 0.1) is 0 Å². The van der Waals surface area contributed by atoms with E-state index in [2.05, 4.69) is 5.32 Å². The first-order valence-corrected chi connectivity index (χ1v) is 11.8. The Hall–Kier alpha value is -2.70. The molecule has 2 amide bonds. The summed E-state index contributed by atoms with van der Waals surface area (Å²) in [6.07, 6.45) is -2.73. The lowest BCUT2D eigenvalue weighted by atomic mass is 10.2. The van der Waals surface area contributed by atoms with Crippen LogP contribution in [0.15, 0.2) is 47.4 Å². The van der Waals surface area contributed by atoms with Gasteiger partial charge in [-0.05, 0) is 43.2 Å². The van der Waals surface area contributed by atoms with Crippen molar-refractivity contribution < 1.29 is 35.9 Å². The van der Waals surface area contributed by atoms with Crippen LogP contribution < -0.4 is 20.1 Å². The van der Waals surface area contributed by atoms with Crippen LogP contribution in [0.25, 0.3) is 0 Å². The molecule has 8 nitrogen and oxygen atoms in total. The van der Waals surface area contributed by atoms with E-state index < -0.39 is 28.1 Å². The van der Waals surface area contributed by atoms with Gasteiger partial charge in [0.2, 0.25) is 10.0 Å². The molecule has 2 aliphatic rings. The van der Waals surface area contributed by atoms with Crippen LogP contribution in [0.2, 0.25) is 5.02 Å². The zero-order chi connectivity index (χ0) is 23.9. The molecule has 0 saturated carbocycles. The van der Waals surface area contributed by atoms with Crippen LogP contribution in [0.5, 0.6) is 11.5 Å². The number of urea groups is 1. The van der Waals surface area contributed by atoms with E-state index in [1.165, 1.54) is 40.7 Å². The van der Waals surface area contributed by atoms with E-state index in [1.54, 1.807) is 5.32 Å². The fourth-order valence-corrected chi connectivity index (χ4v) is 5.24. The number of nitrogens with zero attached hydrogens (tertiary/aromatic N) is 1. The van der Waals surface area contributed by atoms with E-state index in [-0.39, 0.29) is 27.1 Å². The SMILES string of the molecule is O=C(Nc1cccc(S(=O)(=O)N2CCCCC2)c1)NC1(C(F)(F)F)Oc2ccc(Cl)cc2O1. The summed E-state index contributed by atoms with van der Waals surface area (Å²) in [5, 5.41) is 3.96. The maximum absolute atomic E-state index is 13.8. The molecule has 4 rings (SSSR count). The van der Waals surface area contributed by atoms with Crippen molar-refractivity contribution in [1.29, 1.82) is 0 Å². The number of benzene rings is 2. The molecule has 1 fully saturated rings. The number of sulfonamides is 1. The molecule has 178 valence electrons. The number of amides is 2. The van der Waals surface area contributed by atoms with E-state index >= 15 is 0 Å². The quantitative estimate of drug-likeness (QED) is 0.645. The fourth-order valence-electron chi connectivity index (χ4n) is 3.51. The second-order valence-electron chi connectivity index (χ2n) is 7.48. The molecule has 2 aromatic carbocycles. The molecule has 0 aliphatic carbocycles. The van der Waals surface area contributed by atoms with Crippen molar-refractivity contribution >= 4 is 33.3 Å². The van der Waals surface area contributed by atoms with Gasteiger partial charge in [-0.15, -0.1) is 0 Å². The summed E-state index contributed by atoms with van der Waals surface area (Å²) < 4.78 is 78.2. The predicted molar refractivity (Wildman–Crippen MR) is 113 cm³/mol. The molecular formula is C20H19ClF3N3O5S. The number of hydrogen-bond acceptors (Lipinski definition) is 5. The Labute approximate surface area is 192 Å². The Bertz CT molecular complexity index is 1170. The first-order chi connectivity index (χ1) is 15.5. The number of halogens is 4. The minimum atomic E-state index is -5.16. The standard InChI is InChI=1S/C20H19ClF3N3O5S/c21-13-7-8-16-17(11-13)32-20(31-16,19(22,23)24)26-18(28)25-14-5-4-6-15(12-14)33(29,30)27-9-2-1-3-10-27/h4-8,11-12H,1-3,9-10H2,(H2,25,26,28). The van der Waals surface area contributed by atoms with E-state index in [1.807, 2.05) is 0 Å². The maximum Gasteiger partial charge on any atom is 0.492 e. The highest BCUT2D eigenvalue weighted by atomic mass is 35.5. The zero-order valence-corrected chi connectivity index (χ0v) is 18.6. The van der Waals surface area contributed by atoms with E-state index in [0.717, 1.165) is 25.3 Å². The lowest BCUT2D eigenvalue weighted by molar-refractivity contribution is -0.317. The largest absolute Gasteiger partial charge is 0.492 e. The number of carbonyl (C=O) groups excluding carboxylic acids is 1. The van der Waals surface area contributed by atoms with Crippen LogP contribution in [0.1, 0.15) is 19.3 Å². The summed E-state index contributed by atoms with van der Waals surface area (Å²) in [4.78, 5) is 12.4. The summed E-state index contributed by atoms with van der Waals surface area (Å²) in [5.74, 6) is -4.04. The third-order valence-electron chi connectivity index (χ3n) is 5.11. The lowest BCUT2D eigenvalue weighted by Gasteiger charge is -2.29. The Balaban J connectivity index is 1.52. The van der Waals surface area contributed by atoms with Crippen LogP contribution in [0.4, 0.5) is 23.7 Å². The first kappa shape index (κ1) is 23.5. The molecule has 0 spiro atoms. The molecule has 2 heterocycles. The van der Waals surface area contributed by atoms with Gasteiger partial charge < -0.3 is 14.8 Å². The summed E-state index contributed by atoms with van der Waals surface area (Å²) in [7, 11) is -3.80. The fraction of sp³-hybridized carbons (Fsp3) is 0.350. The van der Waals surface area contributed by atoms with Gasteiger partial charge in [0.1, 0.15) is 0 Å². The second-order valence-corrected chi connectivity index (χ2v) is 9.86. The van der Waals surface area contributed by atoms with Gasteiger partial charge in [0, 0.05) is 29.9 Å². The molecule has 1 unspecified atom stereocenters. The van der Waals surface area contributed by atoms with Gasteiger partial charge in [-0.2, -0.15) is 17.5 Å². The second kappa shape index (κ2) is 8.58. The number of carbonyl (C=O) groups is 1. The number of hydrogen-bond donors (Lipinski definition) is 2.